The zero-order valence-electron chi connectivity index (χ0n) is 17.0. The van der Waals surface area contributed by atoms with Gasteiger partial charge in [0.15, 0.2) is 0 Å². The summed E-state index contributed by atoms with van der Waals surface area (Å²) < 4.78 is 0. The number of aromatic hydroxyl groups is 1. The molecule has 0 amide bonds. The van der Waals surface area contributed by atoms with Crippen molar-refractivity contribution >= 4 is 0 Å². The summed E-state index contributed by atoms with van der Waals surface area (Å²) >= 11 is 0. The van der Waals surface area contributed by atoms with Crippen molar-refractivity contribution in [2.75, 3.05) is 14.1 Å². The van der Waals surface area contributed by atoms with E-state index in [4.69, 9.17) is 0 Å². The number of nitrogens with zero attached hydrogens (tertiary/aromatic N) is 1. The molecule has 0 aliphatic rings. The summed E-state index contributed by atoms with van der Waals surface area (Å²) in [7, 11) is 4.09. The van der Waals surface area contributed by atoms with Gasteiger partial charge in [-0.3, -0.25) is 0 Å². The molecule has 0 fully saturated rings. The molecule has 0 saturated carbocycles. The van der Waals surface area contributed by atoms with E-state index in [-0.39, 0.29) is 16.2 Å². The van der Waals surface area contributed by atoms with Crippen LogP contribution in [-0.4, -0.2) is 24.1 Å². The van der Waals surface area contributed by atoms with Gasteiger partial charge in [0.05, 0.1) is 0 Å². The molecule has 0 atom stereocenters. The highest BCUT2D eigenvalue weighted by Gasteiger charge is 2.32. The van der Waals surface area contributed by atoms with Crippen LogP contribution in [0, 0.1) is 5.41 Å². The smallest absolute Gasteiger partial charge is 0.123 e. The normalized spacial score (nSPS) is 13.7. The molecule has 1 aromatic carbocycles. The van der Waals surface area contributed by atoms with Crippen LogP contribution in [0.5, 0.6) is 5.75 Å². The van der Waals surface area contributed by atoms with E-state index in [1.165, 1.54) is 5.56 Å². The molecule has 0 unspecified atom stereocenters. The van der Waals surface area contributed by atoms with Gasteiger partial charge in [0.2, 0.25) is 0 Å². The van der Waals surface area contributed by atoms with Gasteiger partial charge in [0, 0.05) is 17.7 Å². The Morgan fingerprint density at radius 2 is 1.43 bits per heavy atom. The van der Waals surface area contributed by atoms with E-state index in [0.717, 1.165) is 24.1 Å². The number of phenols is 1. The van der Waals surface area contributed by atoms with Crippen LogP contribution < -0.4 is 0 Å². The first-order chi connectivity index (χ1) is 10.1. The predicted octanol–water partition coefficient (Wildman–Crippen LogP) is 5.47. The lowest BCUT2D eigenvalue weighted by Crippen LogP contribution is -2.26. The van der Waals surface area contributed by atoms with E-state index in [1.54, 1.807) is 0 Å². The highest BCUT2D eigenvalue weighted by molar-refractivity contribution is 5.49. The van der Waals surface area contributed by atoms with E-state index in [1.807, 2.05) is 14.1 Å². The van der Waals surface area contributed by atoms with Crippen LogP contribution in [0.1, 0.15) is 78.5 Å². The highest BCUT2D eigenvalue weighted by Crippen LogP contribution is 2.43. The molecule has 2 heteroatoms. The maximum atomic E-state index is 10.9. The van der Waals surface area contributed by atoms with Crippen LogP contribution in [0.25, 0.3) is 0 Å². The minimum absolute atomic E-state index is 0.0648. The third-order valence-electron chi connectivity index (χ3n) is 4.24. The van der Waals surface area contributed by atoms with Crippen LogP contribution in [0.3, 0.4) is 0 Å². The Kier molecular flexibility index (Phi) is 5.63. The molecule has 0 aliphatic heterocycles. The summed E-state index contributed by atoms with van der Waals surface area (Å²) in [6.45, 7) is 18.8. The first-order valence-electron chi connectivity index (χ1n) is 8.65. The Labute approximate surface area is 143 Å². The van der Waals surface area contributed by atoms with Crippen molar-refractivity contribution in [1.29, 1.82) is 0 Å². The van der Waals surface area contributed by atoms with E-state index in [2.05, 4.69) is 72.4 Å². The Balaban J connectivity index is 3.51. The topological polar surface area (TPSA) is 23.5 Å². The first kappa shape index (κ1) is 20.0. The Morgan fingerprint density at radius 1 is 0.913 bits per heavy atom. The van der Waals surface area contributed by atoms with Crippen LogP contribution in [-0.2, 0) is 17.4 Å². The van der Waals surface area contributed by atoms with Gasteiger partial charge in [-0.05, 0) is 42.3 Å². The second kappa shape index (κ2) is 6.47. The molecule has 0 saturated heterocycles. The number of hydrogen-bond acceptors (Lipinski definition) is 2. The molecule has 0 aromatic heterocycles. The molecule has 1 rings (SSSR count). The lowest BCUT2D eigenvalue weighted by Gasteiger charge is -2.35. The minimum Gasteiger partial charge on any atom is -0.507 e. The molecule has 132 valence electrons. The van der Waals surface area contributed by atoms with Crippen molar-refractivity contribution in [3.63, 3.8) is 0 Å². The maximum Gasteiger partial charge on any atom is 0.123 e. The molecular formula is C21H37NO. The maximum absolute atomic E-state index is 10.9. The summed E-state index contributed by atoms with van der Waals surface area (Å²) in [6.07, 6.45) is 1.03. The Morgan fingerprint density at radius 3 is 1.83 bits per heavy atom. The van der Waals surface area contributed by atoms with E-state index >= 15 is 0 Å². The van der Waals surface area contributed by atoms with Gasteiger partial charge in [0.25, 0.3) is 0 Å². The first-order valence-corrected chi connectivity index (χ1v) is 8.65. The minimum atomic E-state index is -0.0648. The van der Waals surface area contributed by atoms with Gasteiger partial charge in [-0.2, -0.15) is 0 Å². The molecule has 1 aromatic rings. The third-order valence-corrected chi connectivity index (χ3v) is 4.24. The second-order valence-corrected chi connectivity index (χ2v) is 10.1. The third kappa shape index (κ3) is 5.53. The van der Waals surface area contributed by atoms with Crippen LogP contribution in [0.4, 0.5) is 0 Å². The standard InChI is InChI=1S/C21H37NO/c1-19(2,3)14-21(7,8)17-12-16(20(4,5)6)11-15(18(17)23)13-22(9)10/h11-12,23H,13-14H2,1-10H3. The summed E-state index contributed by atoms with van der Waals surface area (Å²) in [5, 5.41) is 10.9. The fourth-order valence-corrected chi connectivity index (χ4v) is 3.53. The predicted molar refractivity (Wildman–Crippen MR) is 101 cm³/mol. The number of hydrogen-bond donors (Lipinski definition) is 1. The van der Waals surface area contributed by atoms with Gasteiger partial charge in [0.1, 0.15) is 5.75 Å². The van der Waals surface area contributed by atoms with Crippen molar-refractivity contribution in [3.8, 4) is 5.75 Å². The summed E-state index contributed by atoms with van der Waals surface area (Å²) in [5.41, 5.74) is 3.63. The van der Waals surface area contributed by atoms with Crippen molar-refractivity contribution in [2.45, 2.75) is 79.2 Å². The Bertz CT molecular complexity index is 542. The van der Waals surface area contributed by atoms with Gasteiger partial charge in [-0.15, -0.1) is 0 Å². The molecule has 0 heterocycles. The van der Waals surface area contributed by atoms with E-state index in [0.29, 0.717) is 5.75 Å². The van der Waals surface area contributed by atoms with Crippen LogP contribution in [0.2, 0.25) is 0 Å². The number of benzene rings is 1. The van der Waals surface area contributed by atoms with Gasteiger partial charge < -0.3 is 10.0 Å². The molecule has 23 heavy (non-hydrogen) atoms. The SMILES string of the molecule is CN(C)Cc1cc(C(C)(C)C)cc(C(C)(C)CC(C)(C)C)c1O. The summed E-state index contributed by atoms with van der Waals surface area (Å²) in [6, 6.07) is 4.40. The van der Waals surface area contributed by atoms with E-state index in [9.17, 15) is 5.11 Å². The zero-order chi connectivity index (χ0) is 18.2. The fraction of sp³-hybridized carbons (Fsp3) is 0.714. The molecule has 0 spiro atoms. The van der Waals surface area contributed by atoms with Crippen LogP contribution >= 0.6 is 0 Å². The fourth-order valence-electron chi connectivity index (χ4n) is 3.53. The molecule has 2 nitrogen and oxygen atoms in total. The van der Waals surface area contributed by atoms with Crippen molar-refractivity contribution in [1.82, 2.24) is 4.90 Å². The monoisotopic (exact) mass is 319 g/mol. The number of phenolic OH excluding ortho intramolecular Hbond substituents is 1. The molecule has 1 N–H and O–H groups in total. The lowest BCUT2D eigenvalue weighted by molar-refractivity contribution is 0.277. The van der Waals surface area contributed by atoms with Gasteiger partial charge in [-0.1, -0.05) is 67.5 Å². The van der Waals surface area contributed by atoms with Crippen molar-refractivity contribution in [3.05, 3.63) is 28.8 Å². The van der Waals surface area contributed by atoms with E-state index < -0.39 is 0 Å². The summed E-state index contributed by atoms with van der Waals surface area (Å²) in [4.78, 5) is 2.11. The second-order valence-electron chi connectivity index (χ2n) is 10.1. The lowest BCUT2D eigenvalue weighted by atomic mass is 9.70. The average molecular weight is 320 g/mol. The largest absolute Gasteiger partial charge is 0.507 e. The molecule has 0 bridgehead atoms. The highest BCUT2D eigenvalue weighted by atomic mass is 16.3. The molecular weight excluding hydrogens is 282 g/mol. The average Bonchev–Trinajstić information content (AvgIpc) is 2.25. The summed E-state index contributed by atoms with van der Waals surface area (Å²) in [5.74, 6) is 0.473. The number of rotatable bonds is 4. The molecule has 0 radical (unpaired) electrons. The zero-order valence-corrected chi connectivity index (χ0v) is 17.0. The van der Waals surface area contributed by atoms with Crippen molar-refractivity contribution in [2.24, 2.45) is 5.41 Å². The van der Waals surface area contributed by atoms with Crippen molar-refractivity contribution < 1.29 is 5.11 Å². The van der Waals surface area contributed by atoms with Gasteiger partial charge in [-0.25, -0.2) is 0 Å². The Hall–Kier alpha value is -1.02. The van der Waals surface area contributed by atoms with Gasteiger partial charge >= 0.3 is 0 Å². The molecule has 0 aliphatic carbocycles. The quantitative estimate of drug-likeness (QED) is 0.796. The van der Waals surface area contributed by atoms with Crippen LogP contribution in [0.15, 0.2) is 12.1 Å².